The van der Waals surface area contributed by atoms with Gasteiger partial charge in [-0.1, -0.05) is 18.2 Å². The van der Waals surface area contributed by atoms with Gasteiger partial charge in [0.15, 0.2) is 0 Å². The van der Waals surface area contributed by atoms with Crippen molar-refractivity contribution in [3.05, 3.63) is 34.8 Å². The van der Waals surface area contributed by atoms with Crippen LogP contribution in [0.2, 0.25) is 0 Å². The van der Waals surface area contributed by atoms with Crippen molar-refractivity contribution >= 4 is 38.7 Å². The summed E-state index contributed by atoms with van der Waals surface area (Å²) in [6.07, 6.45) is 2.68. The molecule has 0 radical (unpaired) electrons. The summed E-state index contributed by atoms with van der Waals surface area (Å²) in [6.45, 7) is 0. The molecule has 3 rings (SSSR count). The van der Waals surface area contributed by atoms with Gasteiger partial charge in [-0.3, -0.25) is 5.32 Å². The highest BCUT2D eigenvalue weighted by Crippen LogP contribution is 2.26. The third-order valence-corrected chi connectivity index (χ3v) is 3.83. The molecule has 0 spiro atoms. The Morgan fingerprint density at radius 1 is 1.37 bits per heavy atom. The number of ether oxygens (including phenoxy) is 1. The van der Waals surface area contributed by atoms with Crippen molar-refractivity contribution in [2.45, 2.75) is 25.4 Å². The van der Waals surface area contributed by atoms with Gasteiger partial charge in [-0.05, 0) is 47.3 Å². The number of fused-ring (bicyclic) bond motifs is 1. The first-order chi connectivity index (χ1) is 9.22. The van der Waals surface area contributed by atoms with E-state index in [1.54, 1.807) is 0 Å². The van der Waals surface area contributed by atoms with Gasteiger partial charge in [0.05, 0.1) is 9.99 Å². The Morgan fingerprint density at radius 3 is 2.89 bits per heavy atom. The van der Waals surface area contributed by atoms with E-state index in [-0.39, 0.29) is 6.10 Å². The molecule has 0 unspecified atom stereocenters. The molecule has 1 saturated carbocycles. The molecule has 1 aromatic heterocycles. The fraction of sp³-hybridized carbons (Fsp3) is 0.286. The average molecular weight is 321 g/mol. The summed E-state index contributed by atoms with van der Waals surface area (Å²) in [5.41, 5.74) is 0.838. The monoisotopic (exact) mass is 320 g/mol. The third-order valence-electron chi connectivity index (χ3n) is 3.22. The van der Waals surface area contributed by atoms with E-state index >= 15 is 0 Å². The Balaban J connectivity index is 1.79. The van der Waals surface area contributed by atoms with Crippen LogP contribution in [0.25, 0.3) is 10.9 Å². The van der Waals surface area contributed by atoms with E-state index in [2.05, 4.69) is 26.2 Å². The minimum Gasteiger partial charge on any atom is -0.446 e. The predicted molar refractivity (Wildman–Crippen MR) is 77.2 cm³/mol. The molecule has 98 valence electrons. The molecular weight excluding hydrogens is 308 g/mol. The van der Waals surface area contributed by atoms with Crippen LogP contribution >= 0.6 is 15.9 Å². The minimum absolute atomic E-state index is 0.0687. The van der Waals surface area contributed by atoms with Gasteiger partial charge in [0.2, 0.25) is 0 Å². The number of halogens is 1. The normalized spacial score (nSPS) is 15.0. The summed E-state index contributed by atoms with van der Waals surface area (Å²) < 4.78 is 5.99. The van der Waals surface area contributed by atoms with Gasteiger partial charge in [-0.25, -0.2) is 9.78 Å². The quantitative estimate of drug-likeness (QED) is 0.906. The summed E-state index contributed by atoms with van der Waals surface area (Å²) in [5.74, 6) is 0.489. The Labute approximate surface area is 119 Å². The maximum Gasteiger partial charge on any atom is 0.413 e. The van der Waals surface area contributed by atoms with Gasteiger partial charge < -0.3 is 4.74 Å². The molecule has 0 saturated heterocycles. The van der Waals surface area contributed by atoms with Gasteiger partial charge in [0, 0.05) is 5.39 Å². The molecule has 1 aromatic carbocycles. The summed E-state index contributed by atoms with van der Waals surface area (Å²) in [7, 11) is 0. The molecule has 1 aliphatic rings. The molecule has 1 fully saturated rings. The zero-order valence-corrected chi connectivity index (χ0v) is 11.8. The second-order valence-electron chi connectivity index (χ2n) is 4.59. The lowest BCUT2D eigenvalue weighted by Crippen LogP contribution is -2.28. The van der Waals surface area contributed by atoms with Crippen LogP contribution in [0.5, 0.6) is 0 Å². The zero-order chi connectivity index (χ0) is 13.2. The van der Waals surface area contributed by atoms with Crippen LogP contribution < -0.4 is 5.32 Å². The lowest BCUT2D eigenvalue weighted by atomic mass is 9.96. The first kappa shape index (κ1) is 12.4. The number of hydrogen-bond acceptors (Lipinski definition) is 3. The van der Waals surface area contributed by atoms with Crippen LogP contribution in [0, 0.1) is 0 Å². The van der Waals surface area contributed by atoms with Crippen molar-refractivity contribution in [1.29, 1.82) is 0 Å². The van der Waals surface area contributed by atoms with E-state index in [1.165, 1.54) is 0 Å². The van der Waals surface area contributed by atoms with Crippen molar-refractivity contribution < 1.29 is 9.53 Å². The number of anilines is 1. The highest BCUT2D eigenvalue weighted by molar-refractivity contribution is 9.10. The van der Waals surface area contributed by atoms with E-state index in [0.717, 1.165) is 34.6 Å². The summed E-state index contributed by atoms with van der Waals surface area (Å²) in [4.78, 5) is 16.1. The standard InChI is InChI=1S/C14H13BrN2O2/c15-11-8-9-4-1-2-7-12(9)16-13(11)17-14(18)19-10-5-3-6-10/h1-2,4,7-8,10H,3,5-6H2,(H,16,17,18). The number of amides is 1. The number of nitrogens with zero attached hydrogens (tertiary/aromatic N) is 1. The Kier molecular flexibility index (Phi) is 3.38. The maximum absolute atomic E-state index is 11.7. The number of carbonyl (C=O) groups excluding carboxylic acids is 1. The first-order valence-electron chi connectivity index (χ1n) is 6.25. The first-order valence-corrected chi connectivity index (χ1v) is 7.04. The maximum atomic E-state index is 11.7. The number of rotatable bonds is 2. The Morgan fingerprint density at radius 2 is 2.16 bits per heavy atom. The molecule has 5 heteroatoms. The molecule has 2 aromatic rings. The van der Waals surface area contributed by atoms with Crippen LogP contribution in [0.1, 0.15) is 19.3 Å². The lowest BCUT2D eigenvalue weighted by molar-refractivity contribution is 0.0623. The molecule has 1 N–H and O–H groups in total. The molecule has 0 aliphatic heterocycles. The number of hydrogen-bond donors (Lipinski definition) is 1. The molecule has 1 amide bonds. The Hall–Kier alpha value is -1.62. The van der Waals surface area contributed by atoms with Gasteiger partial charge in [-0.2, -0.15) is 0 Å². The minimum atomic E-state index is -0.437. The highest BCUT2D eigenvalue weighted by Gasteiger charge is 2.22. The molecule has 19 heavy (non-hydrogen) atoms. The molecule has 1 aliphatic carbocycles. The molecule has 1 heterocycles. The zero-order valence-electron chi connectivity index (χ0n) is 10.2. The van der Waals surface area contributed by atoms with E-state index in [9.17, 15) is 4.79 Å². The third kappa shape index (κ3) is 2.71. The van der Waals surface area contributed by atoms with Gasteiger partial charge in [-0.15, -0.1) is 0 Å². The van der Waals surface area contributed by atoms with Crippen molar-refractivity contribution in [2.24, 2.45) is 0 Å². The number of carbonyl (C=O) groups is 1. The van der Waals surface area contributed by atoms with E-state index < -0.39 is 6.09 Å². The van der Waals surface area contributed by atoms with Crippen LogP contribution in [0.4, 0.5) is 10.6 Å². The summed E-state index contributed by atoms with van der Waals surface area (Å²) in [5, 5.41) is 3.70. The number of benzene rings is 1. The number of para-hydroxylation sites is 1. The van der Waals surface area contributed by atoms with Gasteiger partial charge in [0.1, 0.15) is 11.9 Å². The smallest absolute Gasteiger partial charge is 0.413 e. The topological polar surface area (TPSA) is 51.2 Å². The van der Waals surface area contributed by atoms with Crippen LogP contribution in [0.3, 0.4) is 0 Å². The van der Waals surface area contributed by atoms with E-state index in [0.29, 0.717) is 5.82 Å². The van der Waals surface area contributed by atoms with Crippen molar-refractivity contribution in [1.82, 2.24) is 4.98 Å². The second kappa shape index (κ2) is 5.17. The SMILES string of the molecule is O=C(Nc1nc2ccccc2cc1Br)OC1CCC1. The summed E-state index contributed by atoms with van der Waals surface area (Å²) in [6, 6.07) is 9.68. The van der Waals surface area contributed by atoms with Crippen molar-refractivity contribution in [3.8, 4) is 0 Å². The fourth-order valence-electron chi connectivity index (χ4n) is 1.94. The van der Waals surface area contributed by atoms with Crippen LogP contribution in [0.15, 0.2) is 34.8 Å². The molecule has 0 bridgehead atoms. The number of pyridine rings is 1. The van der Waals surface area contributed by atoms with Crippen molar-refractivity contribution in [3.63, 3.8) is 0 Å². The lowest BCUT2D eigenvalue weighted by Gasteiger charge is -2.25. The highest BCUT2D eigenvalue weighted by atomic mass is 79.9. The van der Waals surface area contributed by atoms with Crippen LogP contribution in [-0.2, 0) is 4.74 Å². The number of aromatic nitrogens is 1. The molecule has 0 atom stereocenters. The van der Waals surface area contributed by atoms with Gasteiger partial charge in [0.25, 0.3) is 0 Å². The number of nitrogens with one attached hydrogen (secondary N) is 1. The van der Waals surface area contributed by atoms with Crippen LogP contribution in [-0.4, -0.2) is 17.2 Å². The Bertz CT molecular complexity index is 626. The van der Waals surface area contributed by atoms with E-state index in [1.807, 2.05) is 30.3 Å². The summed E-state index contributed by atoms with van der Waals surface area (Å²) >= 11 is 3.41. The predicted octanol–water partition coefficient (Wildman–Crippen LogP) is 4.10. The molecule has 4 nitrogen and oxygen atoms in total. The van der Waals surface area contributed by atoms with E-state index in [4.69, 9.17) is 4.74 Å². The fourth-order valence-corrected chi connectivity index (χ4v) is 2.38. The van der Waals surface area contributed by atoms with Gasteiger partial charge >= 0.3 is 6.09 Å². The average Bonchev–Trinajstić information content (AvgIpc) is 2.35. The molecular formula is C14H13BrN2O2. The largest absolute Gasteiger partial charge is 0.446 e. The second-order valence-corrected chi connectivity index (χ2v) is 5.45. The van der Waals surface area contributed by atoms with Crippen molar-refractivity contribution in [2.75, 3.05) is 5.32 Å².